The van der Waals surface area contributed by atoms with Gasteiger partial charge in [0.15, 0.2) is 0 Å². The number of aliphatic carboxylic acids is 1. The van der Waals surface area contributed by atoms with Gasteiger partial charge < -0.3 is 9.84 Å². The highest BCUT2D eigenvalue weighted by Crippen LogP contribution is 2.19. The minimum absolute atomic E-state index is 0.0118. The zero-order valence-corrected chi connectivity index (χ0v) is 25.8. The van der Waals surface area contributed by atoms with Gasteiger partial charge in [0.1, 0.15) is 6.10 Å². The summed E-state index contributed by atoms with van der Waals surface area (Å²) in [6.07, 6.45) is 34.0. The molecule has 0 aromatic rings. The number of unbranched alkanes of at least 4 members (excludes halogenated alkanes) is 22. The van der Waals surface area contributed by atoms with Crippen LogP contribution in [0, 0.1) is 0 Å². The lowest BCUT2D eigenvalue weighted by Crippen LogP contribution is -2.18. The first-order chi connectivity index (χ1) is 18.6. The van der Waals surface area contributed by atoms with E-state index in [9.17, 15) is 9.59 Å². The predicted molar refractivity (Wildman–Crippen MR) is 163 cm³/mol. The SMILES string of the molecule is CCCCCCCCCCCCCCCC(=O)OC(CCCCCCCC)CCCCCCCCC(=O)O. The van der Waals surface area contributed by atoms with E-state index in [1.54, 1.807) is 0 Å². The third kappa shape index (κ3) is 29.5. The van der Waals surface area contributed by atoms with E-state index in [1.165, 1.54) is 103 Å². The molecule has 4 heteroatoms. The van der Waals surface area contributed by atoms with Gasteiger partial charge in [0, 0.05) is 12.8 Å². The highest BCUT2D eigenvalue weighted by Gasteiger charge is 2.14. The first-order valence-electron chi connectivity index (χ1n) is 17.0. The summed E-state index contributed by atoms with van der Waals surface area (Å²) in [4.78, 5) is 23.1. The van der Waals surface area contributed by atoms with Gasteiger partial charge in [0.2, 0.25) is 0 Å². The van der Waals surface area contributed by atoms with Crippen LogP contribution < -0.4 is 0 Å². The van der Waals surface area contributed by atoms with E-state index in [4.69, 9.17) is 9.84 Å². The molecule has 0 spiro atoms. The van der Waals surface area contributed by atoms with Gasteiger partial charge in [-0.25, -0.2) is 0 Å². The normalized spacial score (nSPS) is 12.1. The molecule has 0 fully saturated rings. The zero-order valence-electron chi connectivity index (χ0n) is 25.8. The number of carboxylic acid groups (broad SMARTS) is 1. The topological polar surface area (TPSA) is 63.6 Å². The van der Waals surface area contributed by atoms with E-state index < -0.39 is 5.97 Å². The van der Waals surface area contributed by atoms with Gasteiger partial charge in [-0.05, 0) is 38.5 Å². The molecule has 0 saturated carbocycles. The molecule has 0 radical (unpaired) electrons. The average molecular weight is 539 g/mol. The Morgan fingerprint density at radius 3 is 1.16 bits per heavy atom. The van der Waals surface area contributed by atoms with Gasteiger partial charge >= 0.3 is 11.9 Å². The van der Waals surface area contributed by atoms with E-state index in [1.807, 2.05) is 0 Å². The van der Waals surface area contributed by atoms with Crippen LogP contribution >= 0.6 is 0 Å². The van der Waals surface area contributed by atoms with Crippen molar-refractivity contribution in [1.29, 1.82) is 0 Å². The lowest BCUT2D eigenvalue weighted by Gasteiger charge is -2.18. The summed E-state index contributed by atoms with van der Waals surface area (Å²) in [5, 5.41) is 8.73. The maximum atomic E-state index is 12.5. The summed E-state index contributed by atoms with van der Waals surface area (Å²) in [6, 6.07) is 0. The van der Waals surface area contributed by atoms with Gasteiger partial charge in [-0.2, -0.15) is 0 Å². The molecule has 0 aromatic heterocycles. The quantitative estimate of drug-likeness (QED) is 0.0704. The van der Waals surface area contributed by atoms with Crippen molar-refractivity contribution in [2.75, 3.05) is 0 Å². The van der Waals surface area contributed by atoms with Crippen LogP contribution in [0.2, 0.25) is 0 Å². The van der Waals surface area contributed by atoms with E-state index in [0.29, 0.717) is 6.42 Å². The average Bonchev–Trinajstić information content (AvgIpc) is 2.89. The summed E-state index contributed by atoms with van der Waals surface area (Å²) in [7, 11) is 0. The molecule has 226 valence electrons. The summed E-state index contributed by atoms with van der Waals surface area (Å²) in [5.74, 6) is -0.680. The molecule has 0 heterocycles. The lowest BCUT2D eigenvalue weighted by molar-refractivity contribution is -0.150. The van der Waals surface area contributed by atoms with Crippen LogP contribution in [0.4, 0.5) is 0 Å². The van der Waals surface area contributed by atoms with Crippen molar-refractivity contribution in [1.82, 2.24) is 0 Å². The van der Waals surface area contributed by atoms with E-state index in [0.717, 1.165) is 70.6 Å². The summed E-state index contributed by atoms with van der Waals surface area (Å²) < 4.78 is 5.95. The van der Waals surface area contributed by atoms with Gasteiger partial charge in [-0.15, -0.1) is 0 Å². The fourth-order valence-electron chi connectivity index (χ4n) is 5.30. The molecule has 0 aliphatic carbocycles. The number of rotatable bonds is 31. The minimum Gasteiger partial charge on any atom is -0.481 e. The Hall–Kier alpha value is -1.06. The molecule has 4 nitrogen and oxygen atoms in total. The molecule has 1 atom stereocenters. The molecular formula is C34H66O4. The maximum absolute atomic E-state index is 12.5. The molecule has 1 N–H and O–H groups in total. The second kappa shape index (κ2) is 30.5. The van der Waals surface area contributed by atoms with Crippen molar-refractivity contribution >= 4 is 11.9 Å². The second-order valence-electron chi connectivity index (χ2n) is 11.7. The van der Waals surface area contributed by atoms with Crippen molar-refractivity contribution in [3.05, 3.63) is 0 Å². The third-order valence-electron chi connectivity index (χ3n) is 7.83. The van der Waals surface area contributed by atoms with Crippen LogP contribution in [-0.4, -0.2) is 23.1 Å². The molecule has 0 aliphatic heterocycles. The Balaban J connectivity index is 3.92. The molecule has 1 unspecified atom stereocenters. The standard InChI is InChI=1S/C34H66O4/c1-3-5-7-9-11-12-13-14-15-16-17-23-27-31-34(37)38-32(28-24-20-10-8-6-4-2)29-25-21-18-19-22-26-30-33(35)36/h32H,3-31H2,1-2H3,(H,35,36). The molecular weight excluding hydrogens is 472 g/mol. The Morgan fingerprint density at radius 2 is 0.789 bits per heavy atom. The maximum Gasteiger partial charge on any atom is 0.306 e. The van der Waals surface area contributed by atoms with Crippen LogP contribution in [0.25, 0.3) is 0 Å². The smallest absolute Gasteiger partial charge is 0.306 e. The number of carboxylic acids is 1. The highest BCUT2D eigenvalue weighted by molar-refractivity contribution is 5.69. The Bertz CT molecular complexity index is 505. The third-order valence-corrected chi connectivity index (χ3v) is 7.83. The molecule has 38 heavy (non-hydrogen) atoms. The Labute approximate surface area is 237 Å². The number of carbonyl (C=O) groups is 2. The number of hydrogen-bond donors (Lipinski definition) is 1. The van der Waals surface area contributed by atoms with Crippen LogP contribution in [-0.2, 0) is 14.3 Å². The highest BCUT2D eigenvalue weighted by atomic mass is 16.5. The van der Waals surface area contributed by atoms with Crippen molar-refractivity contribution in [2.24, 2.45) is 0 Å². The van der Waals surface area contributed by atoms with E-state index in [-0.39, 0.29) is 18.5 Å². The van der Waals surface area contributed by atoms with Crippen LogP contribution in [0.5, 0.6) is 0 Å². The monoisotopic (exact) mass is 538 g/mol. The molecule has 0 amide bonds. The van der Waals surface area contributed by atoms with E-state index >= 15 is 0 Å². The molecule has 0 saturated heterocycles. The number of hydrogen-bond acceptors (Lipinski definition) is 3. The van der Waals surface area contributed by atoms with Crippen LogP contribution in [0.1, 0.15) is 200 Å². The predicted octanol–water partition coefficient (Wildman–Crippen LogP) is 11.3. The molecule has 0 bridgehead atoms. The second-order valence-corrected chi connectivity index (χ2v) is 11.7. The summed E-state index contributed by atoms with van der Waals surface area (Å²) in [5.41, 5.74) is 0. The minimum atomic E-state index is -0.692. The van der Waals surface area contributed by atoms with Gasteiger partial charge in [-0.1, -0.05) is 149 Å². The van der Waals surface area contributed by atoms with E-state index in [2.05, 4.69) is 13.8 Å². The molecule has 0 rings (SSSR count). The van der Waals surface area contributed by atoms with Crippen molar-refractivity contribution in [3.8, 4) is 0 Å². The first kappa shape index (κ1) is 36.9. The number of esters is 1. The van der Waals surface area contributed by atoms with Crippen molar-refractivity contribution < 1.29 is 19.4 Å². The Kier molecular flexibility index (Phi) is 29.6. The fraction of sp³-hybridized carbons (Fsp3) is 0.941. The molecule has 0 aromatic carbocycles. The summed E-state index contributed by atoms with van der Waals surface area (Å²) >= 11 is 0. The summed E-state index contributed by atoms with van der Waals surface area (Å²) in [6.45, 7) is 4.52. The largest absolute Gasteiger partial charge is 0.481 e. The van der Waals surface area contributed by atoms with Crippen molar-refractivity contribution in [2.45, 2.75) is 206 Å². The van der Waals surface area contributed by atoms with Crippen molar-refractivity contribution in [3.63, 3.8) is 0 Å². The fourth-order valence-corrected chi connectivity index (χ4v) is 5.30. The van der Waals surface area contributed by atoms with Gasteiger partial charge in [0.05, 0.1) is 0 Å². The number of carbonyl (C=O) groups excluding carboxylic acids is 1. The first-order valence-corrected chi connectivity index (χ1v) is 17.0. The van der Waals surface area contributed by atoms with Crippen LogP contribution in [0.15, 0.2) is 0 Å². The molecule has 0 aliphatic rings. The van der Waals surface area contributed by atoms with Crippen LogP contribution in [0.3, 0.4) is 0 Å². The zero-order chi connectivity index (χ0) is 27.9. The van der Waals surface area contributed by atoms with Gasteiger partial charge in [-0.3, -0.25) is 9.59 Å². The lowest BCUT2D eigenvalue weighted by atomic mass is 10.0. The van der Waals surface area contributed by atoms with Gasteiger partial charge in [0.25, 0.3) is 0 Å². The Morgan fingerprint density at radius 1 is 0.474 bits per heavy atom. The number of ether oxygens (including phenoxy) is 1.